The van der Waals surface area contributed by atoms with Crippen LogP contribution in [0.25, 0.3) is 0 Å². The summed E-state index contributed by atoms with van der Waals surface area (Å²) in [7, 11) is 1.62. The summed E-state index contributed by atoms with van der Waals surface area (Å²) in [5, 5.41) is 0.452. The molecule has 0 bridgehead atoms. The second-order valence-corrected chi connectivity index (χ2v) is 5.00. The number of amides is 1. The highest BCUT2D eigenvalue weighted by Gasteiger charge is 2.20. The predicted octanol–water partition coefficient (Wildman–Crippen LogP) is 1.78. The molecule has 1 amide bonds. The zero-order chi connectivity index (χ0) is 15.4. The van der Waals surface area contributed by atoms with Gasteiger partial charge in [-0.1, -0.05) is 41.9 Å². The van der Waals surface area contributed by atoms with Gasteiger partial charge in [-0.05, 0) is 18.2 Å². The summed E-state index contributed by atoms with van der Waals surface area (Å²) in [4.78, 5) is 25.9. The lowest BCUT2D eigenvalue weighted by atomic mass is 10.0. The van der Waals surface area contributed by atoms with Crippen LogP contribution < -0.4 is 10.6 Å². The van der Waals surface area contributed by atoms with Gasteiger partial charge in [0.1, 0.15) is 0 Å². The molecular weight excluding hydrogens is 288 g/mol. The monoisotopic (exact) mass is 303 g/mol. The van der Waals surface area contributed by atoms with Gasteiger partial charge in [0, 0.05) is 23.2 Å². The highest BCUT2D eigenvalue weighted by Crippen LogP contribution is 2.26. The number of hydrogen-bond donors (Lipinski definition) is 1. The number of nitrogens with zero attached hydrogens (tertiary/aromatic N) is 1. The van der Waals surface area contributed by atoms with Gasteiger partial charge in [-0.2, -0.15) is 0 Å². The Morgan fingerprint density at radius 2 is 1.81 bits per heavy atom. The number of rotatable bonds is 4. The number of benzene rings is 2. The van der Waals surface area contributed by atoms with Crippen molar-refractivity contribution in [1.29, 1.82) is 0 Å². The summed E-state index contributed by atoms with van der Waals surface area (Å²) in [6.07, 6.45) is 0. The summed E-state index contributed by atoms with van der Waals surface area (Å²) in [5.41, 5.74) is 5.06. The van der Waals surface area contributed by atoms with E-state index in [1.807, 2.05) is 6.07 Å². The third-order valence-corrected chi connectivity index (χ3v) is 3.42. The van der Waals surface area contributed by atoms with Crippen molar-refractivity contribution in [1.82, 2.24) is 0 Å². The lowest BCUT2D eigenvalue weighted by molar-refractivity contribution is -0.354. The molecule has 0 radical (unpaired) electrons. The quantitative estimate of drug-likeness (QED) is 0.875. The zero-order valence-electron chi connectivity index (χ0n) is 11.7. The smallest absolute Gasteiger partial charge is 0.281 e. The van der Waals surface area contributed by atoms with E-state index in [1.54, 1.807) is 49.5 Å². The molecule has 108 valence electrons. The molecule has 0 aliphatic rings. The molecule has 0 unspecified atom stereocenters. The molecule has 0 spiro atoms. The van der Waals surface area contributed by atoms with E-state index >= 15 is 0 Å². The minimum atomic E-state index is -0.170. The molecule has 2 rings (SSSR count). The number of anilines is 1. The minimum absolute atomic E-state index is 0.123. The van der Waals surface area contributed by atoms with Crippen LogP contribution in [0.1, 0.15) is 15.9 Å². The van der Waals surface area contributed by atoms with Crippen LogP contribution in [0.4, 0.5) is 5.69 Å². The fourth-order valence-electron chi connectivity index (χ4n) is 2.03. The van der Waals surface area contributed by atoms with E-state index in [9.17, 15) is 9.59 Å². The number of carbonyl (C=O) groups is 2. The fourth-order valence-corrected chi connectivity index (χ4v) is 2.20. The van der Waals surface area contributed by atoms with Crippen molar-refractivity contribution in [2.45, 2.75) is 0 Å². The van der Waals surface area contributed by atoms with Crippen LogP contribution in [0.2, 0.25) is 5.02 Å². The molecule has 2 aromatic carbocycles. The van der Waals surface area contributed by atoms with Crippen molar-refractivity contribution >= 4 is 29.0 Å². The van der Waals surface area contributed by atoms with Gasteiger partial charge in [-0.3, -0.25) is 9.59 Å². The van der Waals surface area contributed by atoms with Crippen LogP contribution in [0.15, 0.2) is 48.5 Å². The molecule has 0 aliphatic heterocycles. The predicted molar refractivity (Wildman–Crippen MR) is 82.5 cm³/mol. The molecule has 2 aromatic rings. The standard InChI is InChI=1S/C16H15ClN2O2/c1-19(15(20)10-18)14-8-7-12(17)9-13(14)16(21)11-5-3-2-4-6-11/h2-9H,10,18H2,1H3/p+1. The van der Waals surface area contributed by atoms with Gasteiger partial charge in [-0.25, -0.2) is 0 Å². The first-order chi connectivity index (χ1) is 10.0. The van der Waals surface area contributed by atoms with Gasteiger partial charge in [0.25, 0.3) is 5.91 Å². The normalized spacial score (nSPS) is 10.2. The molecule has 0 aliphatic carbocycles. The highest BCUT2D eigenvalue weighted by atomic mass is 35.5. The van der Waals surface area contributed by atoms with E-state index in [0.29, 0.717) is 21.8 Å². The molecular formula is C16H16ClN2O2+. The molecule has 5 heteroatoms. The van der Waals surface area contributed by atoms with Crippen LogP contribution in [0.3, 0.4) is 0 Å². The Morgan fingerprint density at radius 3 is 2.43 bits per heavy atom. The van der Waals surface area contributed by atoms with Crippen LogP contribution in [0.5, 0.6) is 0 Å². The second-order valence-electron chi connectivity index (χ2n) is 4.56. The Kier molecular flexibility index (Phi) is 4.73. The minimum Gasteiger partial charge on any atom is -0.350 e. The van der Waals surface area contributed by atoms with Crippen molar-refractivity contribution in [2.24, 2.45) is 0 Å². The van der Waals surface area contributed by atoms with E-state index in [0.717, 1.165) is 0 Å². The number of ketones is 1. The fraction of sp³-hybridized carbons (Fsp3) is 0.125. The van der Waals surface area contributed by atoms with Gasteiger partial charge < -0.3 is 10.6 Å². The van der Waals surface area contributed by atoms with Gasteiger partial charge in [0.15, 0.2) is 12.3 Å². The molecule has 0 saturated heterocycles. The molecule has 0 fully saturated rings. The molecule has 3 N–H and O–H groups in total. The average molecular weight is 304 g/mol. The molecule has 0 atom stereocenters. The van der Waals surface area contributed by atoms with Crippen molar-refractivity contribution in [2.75, 3.05) is 18.5 Å². The number of hydrogen-bond acceptors (Lipinski definition) is 2. The second kappa shape index (κ2) is 6.52. The Labute approximate surface area is 128 Å². The topological polar surface area (TPSA) is 65.0 Å². The number of halogens is 1. The van der Waals surface area contributed by atoms with E-state index in [1.165, 1.54) is 4.90 Å². The molecule has 0 saturated carbocycles. The van der Waals surface area contributed by atoms with Crippen molar-refractivity contribution in [3.8, 4) is 0 Å². The Balaban J connectivity index is 2.50. The van der Waals surface area contributed by atoms with Crippen molar-refractivity contribution in [3.63, 3.8) is 0 Å². The first-order valence-electron chi connectivity index (χ1n) is 6.49. The maximum atomic E-state index is 12.6. The van der Waals surface area contributed by atoms with Gasteiger partial charge in [0.2, 0.25) is 0 Å². The highest BCUT2D eigenvalue weighted by molar-refractivity contribution is 6.31. The summed E-state index contributed by atoms with van der Waals surface area (Å²) < 4.78 is 0. The van der Waals surface area contributed by atoms with Crippen LogP contribution in [-0.2, 0) is 4.79 Å². The van der Waals surface area contributed by atoms with Crippen molar-refractivity contribution in [3.05, 3.63) is 64.7 Å². The van der Waals surface area contributed by atoms with Crippen LogP contribution in [-0.4, -0.2) is 25.3 Å². The Hall–Kier alpha value is -2.17. The largest absolute Gasteiger partial charge is 0.350 e. The number of likely N-dealkylation sites (N-methyl/N-ethyl adjacent to an activating group) is 1. The van der Waals surface area contributed by atoms with Crippen LogP contribution in [0, 0.1) is 0 Å². The van der Waals surface area contributed by atoms with Crippen molar-refractivity contribution < 1.29 is 15.3 Å². The van der Waals surface area contributed by atoms with Gasteiger partial charge in [0.05, 0.1) is 5.69 Å². The number of carbonyl (C=O) groups excluding carboxylic acids is 2. The zero-order valence-corrected chi connectivity index (χ0v) is 12.4. The van der Waals surface area contributed by atoms with Gasteiger partial charge in [-0.15, -0.1) is 0 Å². The average Bonchev–Trinajstić information content (AvgIpc) is 2.53. The lowest BCUT2D eigenvalue weighted by Gasteiger charge is -2.19. The number of quaternary nitrogens is 1. The lowest BCUT2D eigenvalue weighted by Crippen LogP contribution is -2.57. The summed E-state index contributed by atoms with van der Waals surface area (Å²) in [6.45, 7) is 0.123. The first-order valence-corrected chi connectivity index (χ1v) is 6.87. The summed E-state index contributed by atoms with van der Waals surface area (Å²) in [6, 6.07) is 13.8. The molecule has 0 heterocycles. The Morgan fingerprint density at radius 1 is 1.14 bits per heavy atom. The maximum absolute atomic E-state index is 12.6. The van der Waals surface area contributed by atoms with E-state index in [4.69, 9.17) is 11.6 Å². The van der Waals surface area contributed by atoms with Gasteiger partial charge >= 0.3 is 0 Å². The molecule has 4 nitrogen and oxygen atoms in total. The third kappa shape index (κ3) is 3.29. The van der Waals surface area contributed by atoms with Crippen LogP contribution >= 0.6 is 11.6 Å². The SMILES string of the molecule is CN(C(=O)C[NH3+])c1ccc(Cl)cc1C(=O)c1ccccc1. The van der Waals surface area contributed by atoms with E-state index < -0.39 is 0 Å². The maximum Gasteiger partial charge on any atom is 0.281 e. The summed E-state index contributed by atoms with van der Waals surface area (Å²) >= 11 is 6.00. The molecule has 0 aromatic heterocycles. The third-order valence-electron chi connectivity index (χ3n) is 3.19. The van der Waals surface area contributed by atoms with E-state index in [-0.39, 0.29) is 18.2 Å². The molecule has 21 heavy (non-hydrogen) atoms. The van der Waals surface area contributed by atoms with E-state index in [2.05, 4.69) is 5.73 Å². The summed E-state index contributed by atoms with van der Waals surface area (Å²) in [5.74, 6) is -0.337. The Bertz CT molecular complexity index is 671. The first kappa shape index (κ1) is 15.2.